The zero-order valence-electron chi connectivity index (χ0n) is 11.2. The van der Waals surface area contributed by atoms with Gasteiger partial charge in [0.2, 0.25) is 5.91 Å². The van der Waals surface area contributed by atoms with E-state index in [1.807, 2.05) is 12.1 Å². The molecule has 0 saturated heterocycles. The Kier molecular flexibility index (Phi) is 5.27. The van der Waals surface area contributed by atoms with E-state index < -0.39 is 0 Å². The average Bonchev–Trinajstić information content (AvgIpc) is 2.80. The highest BCUT2D eigenvalue weighted by molar-refractivity contribution is 7.99. The lowest BCUT2D eigenvalue weighted by molar-refractivity contribution is -0.127. The summed E-state index contributed by atoms with van der Waals surface area (Å²) in [7, 11) is 1.74. The molecule has 0 aliphatic carbocycles. The minimum Gasteiger partial charge on any atom is -0.383 e. The number of hydrogen-bond acceptors (Lipinski definition) is 7. The minimum atomic E-state index is -0.0332. The number of rotatable bonds is 5. The van der Waals surface area contributed by atoms with E-state index in [0.29, 0.717) is 27.7 Å². The van der Waals surface area contributed by atoms with Crippen LogP contribution >= 0.6 is 34.7 Å². The second-order valence-corrected chi connectivity index (χ2v) is 6.99. The van der Waals surface area contributed by atoms with Crippen LogP contribution in [0.1, 0.15) is 4.88 Å². The fraction of sp³-hybridized carbons (Fsp3) is 0.250. The summed E-state index contributed by atoms with van der Waals surface area (Å²) >= 11 is 8.53. The standard InChI is InChI=1S/C12H14ClN5OS2/c1-18(5-7-2-3-8(13)21-7)11(19)6-20-12-16-9(14)4-10(15)17-12/h2-4H,5-6H2,1H3,(H4,14,15,16,17). The maximum Gasteiger partial charge on any atom is 0.233 e. The molecule has 0 bridgehead atoms. The molecule has 1 amide bonds. The van der Waals surface area contributed by atoms with Crippen LogP contribution in [-0.2, 0) is 11.3 Å². The molecule has 6 nitrogen and oxygen atoms in total. The first-order chi connectivity index (χ1) is 9.94. The van der Waals surface area contributed by atoms with Crippen molar-refractivity contribution in [1.82, 2.24) is 14.9 Å². The smallest absolute Gasteiger partial charge is 0.233 e. The summed E-state index contributed by atoms with van der Waals surface area (Å²) in [6.07, 6.45) is 0. The summed E-state index contributed by atoms with van der Waals surface area (Å²) in [5.74, 6) is 0.769. The first-order valence-electron chi connectivity index (χ1n) is 5.95. The SMILES string of the molecule is CN(Cc1ccc(Cl)s1)C(=O)CSc1nc(N)cc(N)n1. The van der Waals surface area contributed by atoms with Gasteiger partial charge in [0.05, 0.1) is 16.6 Å². The number of amides is 1. The molecule has 0 unspecified atom stereocenters. The van der Waals surface area contributed by atoms with E-state index in [2.05, 4.69) is 9.97 Å². The lowest BCUT2D eigenvalue weighted by Gasteiger charge is -2.15. The Balaban J connectivity index is 1.88. The number of nitrogens with two attached hydrogens (primary N) is 2. The number of halogens is 1. The van der Waals surface area contributed by atoms with Gasteiger partial charge in [-0.25, -0.2) is 9.97 Å². The Morgan fingerprint density at radius 2 is 2.05 bits per heavy atom. The molecule has 112 valence electrons. The second-order valence-electron chi connectivity index (χ2n) is 4.24. The van der Waals surface area contributed by atoms with Crippen molar-refractivity contribution in [3.05, 3.63) is 27.4 Å². The summed E-state index contributed by atoms with van der Waals surface area (Å²) < 4.78 is 0.712. The number of carbonyl (C=O) groups is 1. The molecule has 0 saturated carbocycles. The molecule has 0 aliphatic rings. The Labute approximate surface area is 135 Å². The highest BCUT2D eigenvalue weighted by Crippen LogP contribution is 2.23. The van der Waals surface area contributed by atoms with E-state index in [1.54, 1.807) is 11.9 Å². The molecule has 0 spiro atoms. The molecule has 2 rings (SSSR count). The van der Waals surface area contributed by atoms with Crippen molar-refractivity contribution in [3.63, 3.8) is 0 Å². The van der Waals surface area contributed by atoms with E-state index in [0.717, 1.165) is 4.88 Å². The van der Waals surface area contributed by atoms with Crippen LogP contribution in [0.2, 0.25) is 4.34 Å². The molecule has 0 radical (unpaired) electrons. The number of nitrogen functional groups attached to an aromatic ring is 2. The van der Waals surface area contributed by atoms with Crippen LogP contribution in [-0.4, -0.2) is 33.6 Å². The first-order valence-corrected chi connectivity index (χ1v) is 8.13. The number of hydrogen-bond donors (Lipinski definition) is 2. The molecular formula is C12H14ClN5OS2. The molecule has 2 aromatic rings. The number of thiophene rings is 1. The van der Waals surface area contributed by atoms with Crippen molar-refractivity contribution >= 4 is 52.2 Å². The predicted octanol–water partition coefficient (Wildman–Crippen LogP) is 2.11. The monoisotopic (exact) mass is 343 g/mol. The number of carbonyl (C=O) groups excluding carboxylic acids is 1. The van der Waals surface area contributed by atoms with E-state index in [9.17, 15) is 4.79 Å². The summed E-state index contributed by atoms with van der Waals surface area (Å²) in [6, 6.07) is 5.20. The van der Waals surface area contributed by atoms with Gasteiger partial charge in [-0.15, -0.1) is 11.3 Å². The molecule has 2 heterocycles. The molecule has 21 heavy (non-hydrogen) atoms. The normalized spacial score (nSPS) is 10.6. The zero-order valence-corrected chi connectivity index (χ0v) is 13.6. The number of nitrogens with zero attached hydrogens (tertiary/aromatic N) is 3. The molecule has 2 aromatic heterocycles. The molecule has 9 heteroatoms. The van der Waals surface area contributed by atoms with Gasteiger partial charge in [0, 0.05) is 18.0 Å². The van der Waals surface area contributed by atoms with Crippen LogP contribution < -0.4 is 11.5 Å². The van der Waals surface area contributed by atoms with Crippen molar-refractivity contribution < 1.29 is 4.79 Å². The third kappa shape index (κ3) is 4.76. The van der Waals surface area contributed by atoms with Crippen LogP contribution in [0.4, 0.5) is 11.6 Å². The Hall–Kier alpha value is -1.51. The van der Waals surface area contributed by atoms with Crippen LogP contribution in [0.25, 0.3) is 0 Å². The molecule has 0 aromatic carbocycles. The van der Waals surface area contributed by atoms with Gasteiger partial charge >= 0.3 is 0 Å². The summed E-state index contributed by atoms with van der Waals surface area (Å²) in [4.78, 5) is 22.8. The first kappa shape index (κ1) is 15.9. The van der Waals surface area contributed by atoms with Crippen molar-refractivity contribution in [2.45, 2.75) is 11.7 Å². The number of thioether (sulfide) groups is 1. The molecule has 0 fully saturated rings. The largest absolute Gasteiger partial charge is 0.383 e. The second kappa shape index (κ2) is 6.97. The van der Waals surface area contributed by atoms with Gasteiger partial charge < -0.3 is 16.4 Å². The maximum atomic E-state index is 12.1. The fourth-order valence-electron chi connectivity index (χ4n) is 1.52. The molecule has 0 aliphatic heterocycles. The van der Waals surface area contributed by atoms with Crippen LogP contribution in [0, 0.1) is 0 Å². The third-order valence-corrected chi connectivity index (χ3v) is 4.57. The van der Waals surface area contributed by atoms with E-state index in [-0.39, 0.29) is 11.7 Å². The summed E-state index contributed by atoms with van der Waals surface area (Å²) in [5.41, 5.74) is 11.2. The van der Waals surface area contributed by atoms with Gasteiger partial charge in [-0.2, -0.15) is 0 Å². The van der Waals surface area contributed by atoms with Gasteiger partial charge in [-0.1, -0.05) is 23.4 Å². The highest BCUT2D eigenvalue weighted by Gasteiger charge is 2.12. The zero-order chi connectivity index (χ0) is 15.4. The van der Waals surface area contributed by atoms with E-state index >= 15 is 0 Å². The fourth-order valence-corrected chi connectivity index (χ4v) is 3.48. The molecule has 4 N–H and O–H groups in total. The Bertz CT molecular complexity index is 628. The Morgan fingerprint density at radius 3 is 2.62 bits per heavy atom. The third-order valence-electron chi connectivity index (χ3n) is 2.52. The lowest BCUT2D eigenvalue weighted by Crippen LogP contribution is -2.27. The van der Waals surface area contributed by atoms with Crippen molar-refractivity contribution in [3.8, 4) is 0 Å². The van der Waals surface area contributed by atoms with Crippen molar-refractivity contribution in [2.24, 2.45) is 0 Å². The van der Waals surface area contributed by atoms with Gasteiger partial charge in [-0.3, -0.25) is 4.79 Å². The van der Waals surface area contributed by atoms with Gasteiger partial charge in [-0.05, 0) is 12.1 Å². The van der Waals surface area contributed by atoms with Gasteiger partial charge in [0.25, 0.3) is 0 Å². The maximum absolute atomic E-state index is 12.1. The predicted molar refractivity (Wildman–Crippen MR) is 87.4 cm³/mol. The quantitative estimate of drug-likeness (QED) is 0.637. The molecular weight excluding hydrogens is 330 g/mol. The number of anilines is 2. The highest BCUT2D eigenvalue weighted by atomic mass is 35.5. The molecule has 0 atom stereocenters. The van der Waals surface area contributed by atoms with Crippen molar-refractivity contribution in [2.75, 3.05) is 24.3 Å². The van der Waals surface area contributed by atoms with Crippen LogP contribution in [0.5, 0.6) is 0 Å². The van der Waals surface area contributed by atoms with Gasteiger partial charge in [0.1, 0.15) is 11.6 Å². The lowest BCUT2D eigenvalue weighted by atomic mass is 10.4. The van der Waals surface area contributed by atoms with E-state index in [4.69, 9.17) is 23.1 Å². The van der Waals surface area contributed by atoms with Crippen LogP contribution in [0.15, 0.2) is 23.4 Å². The van der Waals surface area contributed by atoms with E-state index in [1.165, 1.54) is 29.2 Å². The number of aromatic nitrogens is 2. The average molecular weight is 344 g/mol. The van der Waals surface area contributed by atoms with Crippen LogP contribution in [0.3, 0.4) is 0 Å². The topological polar surface area (TPSA) is 98.1 Å². The Morgan fingerprint density at radius 1 is 1.38 bits per heavy atom. The van der Waals surface area contributed by atoms with Gasteiger partial charge in [0.15, 0.2) is 5.16 Å². The van der Waals surface area contributed by atoms with Crippen molar-refractivity contribution in [1.29, 1.82) is 0 Å². The summed E-state index contributed by atoms with van der Waals surface area (Å²) in [6.45, 7) is 0.525. The minimum absolute atomic E-state index is 0.0332. The summed E-state index contributed by atoms with van der Waals surface area (Å²) in [5, 5.41) is 0.397.